The summed E-state index contributed by atoms with van der Waals surface area (Å²) < 4.78 is 67.2. The molecular weight excluding hydrogens is 1040 g/mol. The summed E-state index contributed by atoms with van der Waals surface area (Å²) in [5.41, 5.74) is 0.851. The molecule has 21 atom stereocenters. The van der Waals surface area contributed by atoms with Gasteiger partial charge in [0, 0.05) is 12.3 Å². The molecule has 2 aliphatic heterocycles. The first-order chi connectivity index (χ1) is 36.6. The zero-order chi connectivity index (χ0) is 56.9. The number of fused-ring (bicyclic) bond motifs is 6. The highest BCUT2D eigenvalue weighted by molar-refractivity contribution is 7.48. The number of cyclic esters (lactones) is 2. The van der Waals surface area contributed by atoms with Crippen molar-refractivity contribution < 1.29 is 75.8 Å². The third-order valence-corrected chi connectivity index (χ3v) is 23.6. The molecule has 6 aliphatic carbocycles. The Morgan fingerprint density at radius 2 is 1.55 bits per heavy atom. The molecule has 7 unspecified atom stereocenters. The third kappa shape index (κ3) is 13.1. The van der Waals surface area contributed by atoms with Crippen molar-refractivity contribution in [3.63, 3.8) is 0 Å². The number of hydrogen-bond acceptors (Lipinski definition) is 14. The molecule has 4 N–H and O–H groups in total. The predicted molar refractivity (Wildman–Crippen MR) is 293 cm³/mol. The smallest absolute Gasteiger partial charge is 0.462 e. The third-order valence-electron chi connectivity index (χ3n) is 21.6. The summed E-state index contributed by atoms with van der Waals surface area (Å²) in [5.74, 6) is 1.02. The van der Waals surface area contributed by atoms with E-state index in [2.05, 4.69) is 73.6 Å². The number of hydrogen-bond donors (Lipinski definition) is 4. The zero-order valence-electron chi connectivity index (χ0n) is 48.6. The van der Waals surface area contributed by atoms with Crippen molar-refractivity contribution in [2.45, 2.75) is 228 Å². The van der Waals surface area contributed by atoms with Crippen LogP contribution in [0.5, 0.6) is 0 Å². The maximum absolute atomic E-state index is 13.9. The number of esters is 3. The van der Waals surface area contributed by atoms with Gasteiger partial charge in [-0.2, -0.15) is 0 Å². The number of aliphatic hydroxyl groups is 2. The second-order valence-electron chi connectivity index (χ2n) is 27.1. The molecule has 5 fully saturated rings. The minimum atomic E-state index is -5.35. The van der Waals surface area contributed by atoms with E-state index in [0.29, 0.717) is 73.5 Å². The quantitative estimate of drug-likeness (QED) is 0.0448. The highest BCUT2D eigenvalue weighted by atomic mass is 31.2. The van der Waals surface area contributed by atoms with Gasteiger partial charge in [0.1, 0.15) is 18.3 Å². The molecule has 2 heterocycles. The van der Waals surface area contributed by atoms with Gasteiger partial charge in [-0.15, -0.1) is 0 Å². The highest BCUT2D eigenvalue weighted by Gasteiger charge is 2.61. The van der Waals surface area contributed by atoms with E-state index in [-0.39, 0.29) is 53.5 Å². The molecule has 442 valence electrons. The summed E-state index contributed by atoms with van der Waals surface area (Å²) in [5, 5.41) is 20.6. The summed E-state index contributed by atoms with van der Waals surface area (Å²) in [6, 6.07) is 0. The number of rotatable bonds is 22. The van der Waals surface area contributed by atoms with Crippen LogP contribution in [0.25, 0.3) is 0 Å². The largest absolute Gasteiger partial charge is 0.528 e. The monoisotopic (exact) mass is 1130 g/mol. The lowest BCUT2D eigenvalue weighted by Crippen LogP contribution is -2.54. The molecule has 78 heavy (non-hydrogen) atoms. The van der Waals surface area contributed by atoms with Gasteiger partial charge < -0.3 is 33.5 Å². The molecule has 1 saturated heterocycles. The average molecular weight is 1140 g/mol. The molecule has 0 aromatic rings. The fourth-order valence-electron chi connectivity index (χ4n) is 16.8. The minimum Gasteiger partial charge on any atom is -0.462 e. The minimum absolute atomic E-state index is 0.00499. The van der Waals surface area contributed by atoms with Crippen LogP contribution >= 0.6 is 15.6 Å². The van der Waals surface area contributed by atoms with Gasteiger partial charge in [-0.1, -0.05) is 93.4 Å². The summed E-state index contributed by atoms with van der Waals surface area (Å²) >= 11 is 0. The van der Waals surface area contributed by atoms with E-state index in [4.69, 9.17) is 32.3 Å². The summed E-state index contributed by atoms with van der Waals surface area (Å²) in [4.78, 5) is 62.3. The molecule has 18 heteroatoms. The standard InChI is InChI=1S/C60H96O16P2/c1-12-38(34(3)4)16-15-37(7)46-22-23-47-45-20-18-40-30-42(24-26-59(40,10)48(45)25-27-60(46,47)11)73-77(66,67)76-55-54(53(49(62)33-61)72-56(55)64)75-78(68,69)74-43-31-41(70-51(63)32-43)19-21-44-36(6)14-17-39-28-35(5)29-50(52(39)44)71-57(65)58(8,9)13-2/h14,17,28,34-38,40-50,52-53,61-62H,12-13,15-16,18-27,29-33H2,1-11H3,(H,66,67)(H,68,69)/t35-,36-,37+,38+,40-,41+,42?,43?,44-,45-,46?,47-,48-,49?,50-,52-,53?,59-,60+/m0/s1. The van der Waals surface area contributed by atoms with Crippen molar-refractivity contribution in [1.82, 2.24) is 0 Å². The van der Waals surface area contributed by atoms with Crippen LogP contribution in [-0.2, 0) is 55.8 Å². The number of allylic oxidation sites excluding steroid dienone is 3. The SMILES string of the molecule is CC[C@H](CC[C@@H](C)C1CC[C@H]2[C@@H]3CC[C@H]4CC(OP(=O)(O)OC5=C(OP(=O)(O)OC6CC(=O)O[C@H](CC[C@@H]7[C@@H]8C(=C[C@H](C)C[C@@H]8OC(=O)C(C)(C)CC)C=C[C@@H]7C)C6)C(C(O)CO)OC5=O)CC[C@]4(C)[C@H]3CC[C@]12C)C(C)C. The van der Waals surface area contributed by atoms with Gasteiger partial charge in [0.2, 0.25) is 5.76 Å². The maximum atomic E-state index is 13.9. The van der Waals surface area contributed by atoms with Gasteiger partial charge in [0.25, 0.3) is 5.76 Å². The molecule has 16 nitrogen and oxygen atoms in total. The Kier molecular flexibility index (Phi) is 19.2. The van der Waals surface area contributed by atoms with Crippen LogP contribution in [0.4, 0.5) is 0 Å². The van der Waals surface area contributed by atoms with Crippen LogP contribution in [0.3, 0.4) is 0 Å². The average Bonchev–Trinajstić information content (AvgIpc) is 3.93. The van der Waals surface area contributed by atoms with Crippen LogP contribution in [0.2, 0.25) is 0 Å². The lowest BCUT2D eigenvalue weighted by atomic mass is 9.44. The van der Waals surface area contributed by atoms with Gasteiger partial charge in [-0.05, 0) is 185 Å². The Balaban J connectivity index is 0.891. The van der Waals surface area contributed by atoms with Crippen molar-refractivity contribution in [3.05, 3.63) is 35.3 Å². The normalized spacial score (nSPS) is 39.5. The second kappa shape index (κ2) is 24.3. The van der Waals surface area contributed by atoms with Crippen molar-refractivity contribution >= 4 is 33.6 Å². The highest BCUT2D eigenvalue weighted by Crippen LogP contribution is 2.69. The Morgan fingerprint density at radius 1 is 0.859 bits per heavy atom. The lowest BCUT2D eigenvalue weighted by molar-refractivity contribution is -0.165. The van der Waals surface area contributed by atoms with Crippen LogP contribution in [-0.4, -0.2) is 81.1 Å². The van der Waals surface area contributed by atoms with Crippen molar-refractivity contribution in [3.8, 4) is 0 Å². The van der Waals surface area contributed by atoms with Gasteiger partial charge in [0.05, 0.1) is 30.7 Å². The summed E-state index contributed by atoms with van der Waals surface area (Å²) in [7, 11) is -10.5. The van der Waals surface area contributed by atoms with Gasteiger partial charge in [-0.3, -0.25) is 28.4 Å². The molecule has 0 aromatic carbocycles. The van der Waals surface area contributed by atoms with Gasteiger partial charge >= 0.3 is 33.6 Å². The zero-order valence-corrected chi connectivity index (χ0v) is 50.4. The van der Waals surface area contributed by atoms with Crippen LogP contribution in [0, 0.1) is 87.3 Å². The molecule has 8 rings (SSSR count). The number of aliphatic hydroxyl groups excluding tert-OH is 2. The van der Waals surface area contributed by atoms with E-state index in [1.54, 1.807) is 0 Å². The topological polar surface area (TPSA) is 231 Å². The number of phosphoric acid groups is 2. The van der Waals surface area contributed by atoms with E-state index in [1.807, 2.05) is 20.8 Å². The first-order valence-electron chi connectivity index (χ1n) is 30.1. The van der Waals surface area contributed by atoms with E-state index in [9.17, 15) is 43.5 Å². The molecular formula is C60H96O16P2. The van der Waals surface area contributed by atoms with E-state index in [1.165, 1.54) is 44.9 Å². The van der Waals surface area contributed by atoms with Crippen LogP contribution in [0.15, 0.2) is 35.3 Å². The van der Waals surface area contributed by atoms with Crippen molar-refractivity contribution in [2.24, 2.45) is 87.3 Å². The molecule has 8 aliphatic rings. The van der Waals surface area contributed by atoms with Crippen LogP contribution < -0.4 is 0 Å². The second-order valence-corrected chi connectivity index (χ2v) is 29.7. The fourth-order valence-corrected chi connectivity index (χ4v) is 18.8. The number of phosphoric ester groups is 2. The molecule has 0 bridgehead atoms. The predicted octanol–water partition coefficient (Wildman–Crippen LogP) is 12.5. The lowest BCUT2D eigenvalue weighted by Gasteiger charge is -2.61. The van der Waals surface area contributed by atoms with E-state index < -0.39 is 88.1 Å². The first-order valence-corrected chi connectivity index (χ1v) is 33.1. The van der Waals surface area contributed by atoms with Crippen LogP contribution in [0.1, 0.15) is 192 Å². The first kappa shape index (κ1) is 61.5. The molecule has 0 spiro atoms. The molecule has 4 saturated carbocycles. The van der Waals surface area contributed by atoms with Crippen molar-refractivity contribution in [1.29, 1.82) is 0 Å². The van der Waals surface area contributed by atoms with E-state index >= 15 is 0 Å². The number of carbonyl (C=O) groups is 3. The van der Waals surface area contributed by atoms with Crippen molar-refractivity contribution in [2.75, 3.05) is 6.61 Å². The van der Waals surface area contributed by atoms with E-state index in [0.717, 1.165) is 36.7 Å². The fraction of sp³-hybridized carbons (Fsp3) is 0.850. The Hall–Kier alpha value is -2.55. The van der Waals surface area contributed by atoms with Gasteiger partial charge in [0.15, 0.2) is 6.10 Å². The maximum Gasteiger partial charge on any atom is 0.528 e. The number of ether oxygens (including phenoxy) is 3. The Morgan fingerprint density at radius 3 is 2.24 bits per heavy atom. The number of carbonyl (C=O) groups excluding carboxylic acids is 3. The Bertz CT molecular complexity index is 2360. The Labute approximate surface area is 465 Å². The summed E-state index contributed by atoms with van der Waals surface area (Å²) in [6.07, 6.45) is 14.3. The summed E-state index contributed by atoms with van der Waals surface area (Å²) in [6.45, 7) is 23.5. The molecule has 0 radical (unpaired) electrons. The molecule has 0 amide bonds. The molecule has 0 aromatic heterocycles. The van der Waals surface area contributed by atoms with Gasteiger partial charge in [-0.25, -0.2) is 13.9 Å².